The highest BCUT2D eigenvalue weighted by atomic mass is 19.1. The van der Waals surface area contributed by atoms with Gasteiger partial charge in [-0.05, 0) is 76.0 Å². The Morgan fingerprint density at radius 3 is 2.73 bits per heavy atom. The van der Waals surface area contributed by atoms with Crippen molar-refractivity contribution in [3.05, 3.63) is 60.2 Å². The minimum absolute atomic E-state index is 0.0978. The zero-order valence-corrected chi connectivity index (χ0v) is 18.1. The van der Waals surface area contributed by atoms with Gasteiger partial charge in [0, 0.05) is 23.7 Å². The Kier molecular flexibility index (Phi) is 7.21. The van der Waals surface area contributed by atoms with Crippen molar-refractivity contribution in [3.8, 4) is 5.69 Å². The molecule has 1 N–H and O–H groups in total. The van der Waals surface area contributed by atoms with E-state index in [4.69, 9.17) is 0 Å². The number of carbonyl (C=O) groups is 1. The number of piperidine rings is 1. The predicted octanol–water partition coefficient (Wildman–Crippen LogP) is 4.29. The van der Waals surface area contributed by atoms with Crippen LogP contribution in [0.3, 0.4) is 0 Å². The van der Waals surface area contributed by atoms with Gasteiger partial charge in [-0.15, -0.1) is 0 Å². The first kappa shape index (κ1) is 22.0. The van der Waals surface area contributed by atoms with Crippen molar-refractivity contribution in [2.75, 3.05) is 20.1 Å². The van der Waals surface area contributed by atoms with Gasteiger partial charge in [0.15, 0.2) is 0 Å². The molecule has 5 nitrogen and oxygen atoms in total. The van der Waals surface area contributed by atoms with Gasteiger partial charge in [0.1, 0.15) is 5.82 Å². The molecule has 30 heavy (non-hydrogen) atoms. The van der Waals surface area contributed by atoms with Crippen LogP contribution in [0.5, 0.6) is 0 Å². The van der Waals surface area contributed by atoms with E-state index in [0.29, 0.717) is 28.4 Å². The molecule has 0 radical (unpaired) electrons. The number of carbonyl (C=O) groups excluding carboxylic acids is 1. The van der Waals surface area contributed by atoms with Crippen molar-refractivity contribution < 1.29 is 9.18 Å². The first-order chi connectivity index (χ1) is 14.5. The monoisotopic (exact) mass is 410 g/mol. The minimum atomic E-state index is -0.307. The molecule has 2 aromatic rings. The Morgan fingerprint density at radius 2 is 2.13 bits per heavy atom. The van der Waals surface area contributed by atoms with Crippen LogP contribution in [-0.4, -0.2) is 46.8 Å². The number of amides is 1. The average molecular weight is 411 g/mol. The second-order valence-electron chi connectivity index (χ2n) is 7.89. The number of nitrogens with zero attached hydrogens (tertiary/aromatic N) is 3. The third kappa shape index (κ3) is 4.70. The second kappa shape index (κ2) is 9.85. The third-order valence-corrected chi connectivity index (χ3v) is 5.88. The van der Waals surface area contributed by atoms with Crippen molar-refractivity contribution in [1.29, 1.82) is 0 Å². The Labute approximate surface area is 178 Å². The molecule has 1 aromatic carbocycles. The van der Waals surface area contributed by atoms with Crippen LogP contribution in [0.4, 0.5) is 4.39 Å². The van der Waals surface area contributed by atoms with E-state index < -0.39 is 0 Å². The Balaban J connectivity index is 1.84. The summed E-state index contributed by atoms with van der Waals surface area (Å²) in [5.41, 5.74) is 2.70. The molecule has 3 rings (SSSR count). The van der Waals surface area contributed by atoms with Gasteiger partial charge in [-0.1, -0.05) is 19.6 Å². The Morgan fingerprint density at radius 1 is 1.40 bits per heavy atom. The maximum absolute atomic E-state index is 13.3. The molecule has 1 amide bonds. The van der Waals surface area contributed by atoms with Crippen molar-refractivity contribution in [1.82, 2.24) is 20.0 Å². The zero-order chi connectivity index (χ0) is 21.7. The molecular formula is C24H31FN4O. The molecule has 0 aliphatic carbocycles. The van der Waals surface area contributed by atoms with E-state index in [1.54, 1.807) is 29.1 Å². The molecule has 2 atom stereocenters. The van der Waals surface area contributed by atoms with E-state index in [9.17, 15) is 9.18 Å². The largest absolute Gasteiger partial charge is 0.349 e. The summed E-state index contributed by atoms with van der Waals surface area (Å²) in [4.78, 5) is 15.5. The molecule has 1 aliphatic rings. The summed E-state index contributed by atoms with van der Waals surface area (Å²) in [7, 11) is 2.14. The number of rotatable bonds is 7. The van der Waals surface area contributed by atoms with Gasteiger partial charge < -0.3 is 10.2 Å². The molecule has 6 heteroatoms. The van der Waals surface area contributed by atoms with Gasteiger partial charge in [-0.2, -0.15) is 5.10 Å². The van der Waals surface area contributed by atoms with E-state index in [2.05, 4.69) is 35.9 Å². The first-order valence-electron chi connectivity index (χ1n) is 10.6. The Bertz CT molecular complexity index is 916. The molecule has 0 bridgehead atoms. The van der Waals surface area contributed by atoms with E-state index in [1.165, 1.54) is 12.1 Å². The van der Waals surface area contributed by atoms with Crippen molar-refractivity contribution >= 4 is 17.6 Å². The molecule has 1 fully saturated rings. The minimum Gasteiger partial charge on any atom is -0.349 e. The third-order valence-electron chi connectivity index (χ3n) is 5.88. The molecule has 2 heterocycles. The zero-order valence-electron chi connectivity index (χ0n) is 18.1. The normalized spacial score (nSPS) is 18.8. The molecule has 1 saturated heterocycles. The van der Waals surface area contributed by atoms with Crippen molar-refractivity contribution in [2.45, 2.75) is 39.2 Å². The quantitative estimate of drug-likeness (QED) is 0.693. The number of aromatic nitrogens is 2. The number of hydrogen-bond acceptors (Lipinski definition) is 3. The van der Waals surface area contributed by atoms with Gasteiger partial charge >= 0.3 is 0 Å². The fourth-order valence-electron chi connectivity index (χ4n) is 4.29. The molecule has 2 unspecified atom stereocenters. The van der Waals surface area contributed by atoms with Crippen molar-refractivity contribution in [3.63, 3.8) is 0 Å². The fourth-order valence-corrected chi connectivity index (χ4v) is 4.29. The van der Waals surface area contributed by atoms with Gasteiger partial charge in [0.25, 0.3) is 5.91 Å². The lowest BCUT2D eigenvalue weighted by Crippen LogP contribution is -2.46. The highest BCUT2D eigenvalue weighted by Gasteiger charge is 2.27. The van der Waals surface area contributed by atoms with Gasteiger partial charge in [-0.25, -0.2) is 9.07 Å². The lowest BCUT2D eigenvalue weighted by atomic mass is 9.89. The number of allylic oxidation sites excluding steroid dienone is 1. The lowest BCUT2D eigenvalue weighted by Gasteiger charge is -2.35. The van der Waals surface area contributed by atoms with E-state index in [-0.39, 0.29) is 17.8 Å². The molecule has 160 valence electrons. The molecule has 1 aliphatic heterocycles. The summed E-state index contributed by atoms with van der Waals surface area (Å²) >= 11 is 0. The summed E-state index contributed by atoms with van der Waals surface area (Å²) in [6.07, 6.45) is 8.35. The van der Waals surface area contributed by atoms with Crippen LogP contribution < -0.4 is 5.32 Å². The summed E-state index contributed by atoms with van der Waals surface area (Å²) < 4.78 is 15.0. The lowest BCUT2D eigenvalue weighted by molar-refractivity contribution is -0.116. The van der Waals surface area contributed by atoms with Crippen LogP contribution in [-0.2, 0) is 4.79 Å². The van der Waals surface area contributed by atoms with Crippen molar-refractivity contribution in [2.24, 2.45) is 5.92 Å². The Hall–Kier alpha value is -2.73. The molecular weight excluding hydrogens is 379 g/mol. The maximum atomic E-state index is 13.3. The number of likely N-dealkylation sites (tertiary alicyclic amines) is 1. The van der Waals surface area contributed by atoms with Gasteiger partial charge in [0.2, 0.25) is 0 Å². The van der Waals surface area contributed by atoms with Crippen LogP contribution in [0.2, 0.25) is 0 Å². The molecule has 0 saturated carbocycles. The van der Waals surface area contributed by atoms with Gasteiger partial charge in [-0.3, -0.25) is 4.79 Å². The van der Waals surface area contributed by atoms with E-state index >= 15 is 0 Å². The summed E-state index contributed by atoms with van der Waals surface area (Å²) in [5.74, 6) is 0.0507. The van der Waals surface area contributed by atoms with Crippen LogP contribution in [0.1, 0.15) is 44.4 Å². The van der Waals surface area contributed by atoms with Crippen LogP contribution in [0.25, 0.3) is 17.3 Å². The fraction of sp³-hybridized carbons (Fsp3) is 0.417. The molecule has 1 aromatic heterocycles. The van der Waals surface area contributed by atoms with Crippen LogP contribution in [0, 0.1) is 11.7 Å². The summed E-state index contributed by atoms with van der Waals surface area (Å²) in [5, 5.41) is 7.69. The first-order valence-corrected chi connectivity index (χ1v) is 10.6. The topological polar surface area (TPSA) is 50.2 Å². The van der Waals surface area contributed by atoms with Gasteiger partial charge in [0.05, 0.1) is 17.6 Å². The number of benzene rings is 1. The second-order valence-corrected chi connectivity index (χ2v) is 7.89. The van der Waals surface area contributed by atoms with E-state index in [1.807, 2.05) is 13.0 Å². The summed E-state index contributed by atoms with van der Waals surface area (Å²) in [6, 6.07) is 6.22. The number of nitrogens with one attached hydrogen (secondary N) is 1. The van der Waals surface area contributed by atoms with E-state index in [0.717, 1.165) is 32.4 Å². The van der Waals surface area contributed by atoms with Crippen LogP contribution >= 0.6 is 0 Å². The van der Waals surface area contributed by atoms with Crippen LogP contribution in [0.15, 0.2) is 43.1 Å². The average Bonchev–Trinajstić information content (AvgIpc) is 3.16. The highest BCUT2D eigenvalue weighted by molar-refractivity contribution is 6.20. The standard InChI is InChI=1S/C24H31FN4O/c1-5-20(24(30)27-22(6-2)17-9-8-14-28(4)16-17)21-15-26-29(23(21)7-3)19-12-10-18(25)11-13-19/h5,7,10-13,15,17,22H,3,6,8-9,14,16H2,1-2,4H3,(H,27,30)/b20-5+. The predicted molar refractivity (Wildman–Crippen MR) is 120 cm³/mol. The smallest absolute Gasteiger partial charge is 0.251 e. The summed E-state index contributed by atoms with van der Waals surface area (Å²) in [6.45, 7) is 10.00. The SMILES string of the molecule is C=Cc1c(/C(=C\C)C(=O)NC(CC)C2CCCN(C)C2)cnn1-c1ccc(F)cc1. The number of hydrogen-bond donors (Lipinski definition) is 1. The highest BCUT2D eigenvalue weighted by Crippen LogP contribution is 2.25. The number of halogens is 1. The maximum Gasteiger partial charge on any atom is 0.251 e. The molecule has 0 spiro atoms.